The lowest BCUT2D eigenvalue weighted by Crippen LogP contribution is -2.41. The van der Waals surface area contributed by atoms with Gasteiger partial charge in [0.15, 0.2) is 0 Å². The van der Waals surface area contributed by atoms with Gasteiger partial charge in [0.25, 0.3) is 0 Å². The van der Waals surface area contributed by atoms with E-state index in [9.17, 15) is 13.2 Å². The number of carbonyl (C=O) groups is 1. The normalized spacial score (nSPS) is 12.4. The first kappa shape index (κ1) is 21.3. The summed E-state index contributed by atoms with van der Waals surface area (Å²) in [5.74, 6) is 0.204. The number of benzene rings is 2. The van der Waals surface area contributed by atoms with E-state index in [1.54, 1.807) is 30.8 Å². The van der Waals surface area contributed by atoms with Gasteiger partial charge in [-0.1, -0.05) is 6.07 Å². The molecule has 0 aromatic heterocycles. The number of sulfonamides is 1. The lowest BCUT2D eigenvalue weighted by molar-refractivity contribution is -0.117. The lowest BCUT2D eigenvalue weighted by atomic mass is 10.2. The fraction of sp³-hybridized carbons (Fsp3) is 0.316. The molecule has 0 bridgehead atoms. The average molecular weight is 409 g/mol. The number of carbonyl (C=O) groups excluding carboxylic acids is 1. The van der Waals surface area contributed by atoms with Crippen LogP contribution in [0.25, 0.3) is 0 Å². The molecule has 0 heterocycles. The molecule has 6 nitrogen and oxygen atoms in total. The van der Waals surface area contributed by atoms with Crippen LogP contribution in [0.15, 0.2) is 52.3 Å². The quantitative estimate of drug-likeness (QED) is 0.654. The highest BCUT2D eigenvalue weighted by molar-refractivity contribution is 7.98. The third kappa shape index (κ3) is 5.72. The number of hydrogen-bond donors (Lipinski definition) is 2. The van der Waals surface area contributed by atoms with E-state index in [0.717, 1.165) is 4.90 Å². The fourth-order valence-electron chi connectivity index (χ4n) is 2.41. The minimum absolute atomic E-state index is 0.0903. The van der Waals surface area contributed by atoms with Crippen LogP contribution in [0.3, 0.4) is 0 Å². The first-order valence-electron chi connectivity index (χ1n) is 8.47. The summed E-state index contributed by atoms with van der Waals surface area (Å²) >= 11 is 1.56. The maximum absolute atomic E-state index is 12.6. The number of ether oxygens (including phenoxy) is 1. The summed E-state index contributed by atoms with van der Waals surface area (Å²) in [6.45, 7) is 5.65. The third-order valence-electron chi connectivity index (χ3n) is 3.82. The van der Waals surface area contributed by atoms with E-state index in [-0.39, 0.29) is 4.90 Å². The molecule has 0 unspecified atom stereocenters. The van der Waals surface area contributed by atoms with E-state index in [0.29, 0.717) is 23.6 Å². The van der Waals surface area contributed by atoms with Crippen molar-refractivity contribution in [2.45, 2.75) is 36.6 Å². The molecule has 0 aliphatic heterocycles. The fourth-order valence-corrected chi connectivity index (χ4v) is 4.16. The van der Waals surface area contributed by atoms with E-state index in [2.05, 4.69) is 10.0 Å². The number of thioether (sulfide) groups is 1. The largest absolute Gasteiger partial charge is 0.494 e. The topological polar surface area (TPSA) is 84.5 Å². The van der Waals surface area contributed by atoms with Gasteiger partial charge in [-0.25, -0.2) is 8.42 Å². The molecule has 0 aliphatic carbocycles. The minimum Gasteiger partial charge on any atom is -0.494 e. The van der Waals surface area contributed by atoms with Crippen LogP contribution >= 0.6 is 11.8 Å². The highest BCUT2D eigenvalue weighted by atomic mass is 32.2. The van der Waals surface area contributed by atoms with Crippen molar-refractivity contribution in [1.29, 1.82) is 0 Å². The number of aryl methyl sites for hydroxylation is 1. The van der Waals surface area contributed by atoms with E-state index in [1.807, 2.05) is 31.4 Å². The van der Waals surface area contributed by atoms with Gasteiger partial charge in [0.05, 0.1) is 17.5 Å². The molecule has 0 fully saturated rings. The van der Waals surface area contributed by atoms with E-state index >= 15 is 0 Å². The van der Waals surface area contributed by atoms with Gasteiger partial charge in [0, 0.05) is 10.6 Å². The summed E-state index contributed by atoms with van der Waals surface area (Å²) in [5, 5.41) is 2.73. The monoisotopic (exact) mass is 408 g/mol. The van der Waals surface area contributed by atoms with Crippen molar-refractivity contribution >= 4 is 33.4 Å². The Labute approximate surface area is 164 Å². The Morgan fingerprint density at radius 3 is 2.59 bits per heavy atom. The molecule has 146 valence electrons. The van der Waals surface area contributed by atoms with Gasteiger partial charge in [-0.15, -0.1) is 11.8 Å². The summed E-state index contributed by atoms with van der Waals surface area (Å²) in [6, 6.07) is 11.0. The standard InChI is InChI=1S/C19H24N2O4S2/c1-5-25-18-10-9-17(11-13(18)2)27(23,24)21-14(3)19(22)20-15-7-6-8-16(12-15)26-4/h6-12,14,21H,5H2,1-4H3,(H,20,22)/t14-/m0/s1. The second-order valence-electron chi connectivity index (χ2n) is 5.92. The second-order valence-corrected chi connectivity index (χ2v) is 8.52. The SMILES string of the molecule is CCOc1ccc(S(=O)(=O)N[C@@H](C)C(=O)Nc2cccc(SC)c2)cc1C. The maximum Gasteiger partial charge on any atom is 0.242 e. The van der Waals surface area contributed by atoms with Gasteiger partial charge in [-0.05, 0) is 69.0 Å². The molecule has 8 heteroatoms. The zero-order valence-electron chi connectivity index (χ0n) is 15.8. The van der Waals surface area contributed by atoms with Crippen molar-refractivity contribution in [2.75, 3.05) is 18.2 Å². The van der Waals surface area contributed by atoms with Crippen molar-refractivity contribution < 1.29 is 17.9 Å². The zero-order valence-corrected chi connectivity index (χ0v) is 17.4. The van der Waals surface area contributed by atoms with Crippen LogP contribution in [0.2, 0.25) is 0 Å². The first-order valence-corrected chi connectivity index (χ1v) is 11.2. The van der Waals surface area contributed by atoms with Crippen LogP contribution in [0.5, 0.6) is 5.75 Å². The molecule has 0 aliphatic rings. The Bertz CT molecular complexity index is 914. The van der Waals surface area contributed by atoms with Gasteiger partial charge >= 0.3 is 0 Å². The Morgan fingerprint density at radius 1 is 1.22 bits per heavy atom. The van der Waals surface area contributed by atoms with Crippen LogP contribution in [0, 0.1) is 6.92 Å². The summed E-state index contributed by atoms with van der Waals surface area (Å²) in [5.41, 5.74) is 1.33. The molecule has 0 radical (unpaired) electrons. The maximum atomic E-state index is 12.6. The molecule has 0 saturated heterocycles. The van der Waals surface area contributed by atoms with Crippen LogP contribution in [0.1, 0.15) is 19.4 Å². The van der Waals surface area contributed by atoms with Crippen molar-refractivity contribution in [3.8, 4) is 5.75 Å². The molecule has 27 heavy (non-hydrogen) atoms. The molecule has 1 amide bonds. The van der Waals surface area contributed by atoms with Crippen molar-refractivity contribution in [3.63, 3.8) is 0 Å². The molecule has 0 spiro atoms. The second kappa shape index (κ2) is 9.25. The molecular weight excluding hydrogens is 384 g/mol. The lowest BCUT2D eigenvalue weighted by Gasteiger charge is -2.16. The smallest absolute Gasteiger partial charge is 0.242 e. The summed E-state index contributed by atoms with van der Waals surface area (Å²) < 4.78 is 33.0. The summed E-state index contributed by atoms with van der Waals surface area (Å²) in [6.07, 6.45) is 1.94. The van der Waals surface area contributed by atoms with Crippen LogP contribution in [-0.4, -0.2) is 33.2 Å². The first-order chi connectivity index (χ1) is 12.8. The molecule has 0 saturated carbocycles. The number of amides is 1. The van der Waals surface area contributed by atoms with Gasteiger partial charge in [0.2, 0.25) is 15.9 Å². The Balaban J connectivity index is 2.09. The average Bonchev–Trinajstić information content (AvgIpc) is 2.63. The number of nitrogens with one attached hydrogen (secondary N) is 2. The zero-order chi connectivity index (χ0) is 20.0. The summed E-state index contributed by atoms with van der Waals surface area (Å²) in [4.78, 5) is 13.5. The van der Waals surface area contributed by atoms with Crippen molar-refractivity contribution in [1.82, 2.24) is 4.72 Å². The highest BCUT2D eigenvalue weighted by Gasteiger charge is 2.23. The highest BCUT2D eigenvalue weighted by Crippen LogP contribution is 2.22. The molecule has 2 aromatic carbocycles. The molecular formula is C19H24N2O4S2. The molecule has 2 aromatic rings. The van der Waals surface area contributed by atoms with E-state index in [1.165, 1.54) is 19.1 Å². The van der Waals surface area contributed by atoms with Crippen LogP contribution in [0.4, 0.5) is 5.69 Å². The van der Waals surface area contributed by atoms with Crippen LogP contribution in [-0.2, 0) is 14.8 Å². The van der Waals surface area contributed by atoms with Gasteiger partial charge in [0.1, 0.15) is 5.75 Å². The third-order valence-corrected chi connectivity index (χ3v) is 6.08. The number of rotatable bonds is 8. The Morgan fingerprint density at radius 2 is 1.96 bits per heavy atom. The van der Waals surface area contributed by atoms with Crippen LogP contribution < -0.4 is 14.8 Å². The van der Waals surface area contributed by atoms with Crippen molar-refractivity contribution in [2.24, 2.45) is 0 Å². The molecule has 2 N–H and O–H groups in total. The Hall–Kier alpha value is -2.03. The van der Waals surface area contributed by atoms with Gasteiger partial charge in [-0.3, -0.25) is 4.79 Å². The predicted octanol–water partition coefficient (Wildman–Crippen LogP) is 3.42. The van der Waals surface area contributed by atoms with E-state index in [4.69, 9.17) is 4.74 Å². The van der Waals surface area contributed by atoms with E-state index < -0.39 is 22.0 Å². The van der Waals surface area contributed by atoms with Gasteiger partial charge < -0.3 is 10.1 Å². The number of anilines is 1. The van der Waals surface area contributed by atoms with Crippen molar-refractivity contribution in [3.05, 3.63) is 48.0 Å². The Kier molecular flexibility index (Phi) is 7.29. The minimum atomic E-state index is -3.83. The number of hydrogen-bond acceptors (Lipinski definition) is 5. The van der Waals surface area contributed by atoms with Gasteiger partial charge in [-0.2, -0.15) is 4.72 Å². The molecule has 2 rings (SSSR count). The predicted molar refractivity (Wildman–Crippen MR) is 109 cm³/mol. The molecule has 1 atom stereocenters. The summed E-state index contributed by atoms with van der Waals surface area (Å²) in [7, 11) is -3.83.